The van der Waals surface area contributed by atoms with E-state index in [1.54, 1.807) is 7.11 Å². The number of anilines is 2. The summed E-state index contributed by atoms with van der Waals surface area (Å²) in [5, 5.41) is 3.08. The lowest BCUT2D eigenvalue weighted by Gasteiger charge is -2.27. The summed E-state index contributed by atoms with van der Waals surface area (Å²) in [6, 6.07) is 15.9. The summed E-state index contributed by atoms with van der Waals surface area (Å²) in [7, 11) is 5.61. The van der Waals surface area contributed by atoms with Crippen LogP contribution in [0, 0.1) is 0 Å². The van der Waals surface area contributed by atoms with Gasteiger partial charge in [-0.2, -0.15) is 0 Å². The molecular weight excluding hydrogens is 314 g/mol. The van der Waals surface area contributed by atoms with Gasteiger partial charge in [-0.3, -0.25) is 0 Å². The van der Waals surface area contributed by atoms with Crippen LogP contribution in [-0.2, 0) is 0 Å². The summed E-state index contributed by atoms with van der Waals surface area (Å²) in [6.45, 7) is 0.762. The Labute approximate surface area is 149 Å². The van der Waals surface area contributed by atoms with E-state index in [1.165, 1.54) is 0 Å². The zero-order valence-corrected chi connectivity index (χ0v) is 15.0. The molecular formula is C20H25N3O2. The van der Waals surface area contributed by atoms with Gasteiger partial charge in [0.1, 0.15) is 5.75 Å². The number of likely N-dealkylation sites (tertiary alicyclic amines) is 1. The highest BCUT2D eigenvalue weighted by Gasteiger charge is 2.30. The van der Waals surface area contributed by atoms with Gasteiger partial charge < -0.3 is 19.9 Å². The molecule has 132 valence electrons. The van der Waals surface area contributed by atoms with Gasteiger partial charge in [0.05, 0.1) is 24.5 Å². The molecule has 1 fully saturated rings. The molecule has 5 heteroatoms. The molecule has 1 heterocycles. The number of amides is 2. The van der Waals surface area contributed by atoms with Gasteiger partial charge in [0.25, 0.3) is 0 Å². The van der Waals surface area contributed by atoms with Crippen LogP contribution in [0.5, 0.6) is 5.75 Å². The molecule has 1 N–H and O–H groups in total. The highest BCUT2D eigenvalue weighted by atomic mass is 16.5. The number of rotatable bonds is 4. The Bertz CT molecular complexity index is 745. The van der Waals surface area contributed by atoms with E-state index in [1.807, 2.05) is 66.4 Å². The van der Waals surface area contributed by atoms with Crippen molar-refractivity contribution < 1.29 is 9.53 Å². The van der Waals surface area contributed by atoms with Gasteiger partial charge in [0.15, 0.2) is 0 Å². The van der Waals surface area contributed by atoms with Gasteiger partial charge in [0, 0.05) is 20.6 Å². The van der Waals surface area contributed by atoms with Crippen molar-refractivity contribution in [3.8, 4) is 5.75 Å². The van der Waals surface area contributed by atoms with Gasteiger partial charge in [-0.05, 0) is 42.7 Å². The lowest BCUT2D eigenvalue weighted by Crippen LogP contribution is -2.34. The van der Waals surface area contributed by atoms with Crippen LogP contribution in [0.2, 0.25) is 0 Å². The van der Waals surface area contributed by atoms with Crippen LogP contribution in [0.4, 0.5) is 16.2 Å². The summed E-state index contributed by atoms with van der Waals surface area (Å²) >= 11 is 0. The largest absolute Gasteiger partial charge is 0.497 e. The zero-order valence-electron chi connectivity index (χ0n) is 15.0. The molecule has 5 nitrogen and oxygen atoms in total. The third kappa shape index (κ3) is 3.71. The number of nitrogens with zero attached hydrogens (tertiary/aromatic N) is 2. The summed E-state index contributed by atoms with van der Waals surface area (Å²) in [5.74, 6) is 0.822. The smallest absolute Gasteiger partial charge is 0.322 e. The van der Waals surface area contributed by atoms with Crippen molar-refractivity contribution in [2.75, 3.05) is 38.0 Å². The third-order valence-corrected chi connectivity index (χ3v) is 4.62. The Morgan fingerprint density at radius 3 is 2.76 bits per heavy atom. The summed E-state index contributed by atoms with van der Waals surface area (Å²) in [4.78, 5) is 16.8. The van der Waals surface area contributed by atoms with Crippen molar-refractivity contribution in [2.24, 2.45) is 0 Å². The van der Waals surface area contributed by atoms with Crippen molar-refractivity contribution in [3.63, 3.8) is 0 Å². The second-order valence-electron chi connectivity index (χ2n) is 6.47. The Morgan fingerprint density at radius 1 is 1.20 bits per heavy atom. The number of ether oxygens (including phenoxy) is 1. The molecule has 1 unspecified atom stereocenters. The highest BCUT2D eigenvalue weighted by molar-refractivity contribution is 5.93. The lowest BCUT2D eigenvalue weighted by atomic mass is 10.0. The van der Waals surface area contributed by atoms with Gasteiger partial charge in [-0.1, -0.05) is 24.3 Å². The third-order valence-electron chi connectivity index (χ3n) is 4.62. The summed E-state index contributed by atoms with van der Waals surface area (Å²) < 4.78 is 5.32. The number of carbonyl (C=O) groups is 1. The number of hydrogen-bond acceptors (Lipinski definition) is 3. The Morgan fingerprint density at radius 2 is 2.00 bits per heavy atom. The van der Waals surface area contributed by atoms with Gasteiger partial charge in [-0.15, -0.1) is 0 Å². The quantitative estimate of drug-likeness (QED) is 0.911. The second kappa shape index (κ2) is 7.47. The molecule has 0 aliphatic carbocycles. The molecule has 1 aliphatic rings. The Kier molecular flexibility index (Phi) is 5.12. The fraction of sp³-hybridized carbons (Fsp3) is 0.350. The number of para-hydroxylation sites is 2. The molecule has 0 spiro atoms. The lowest BCUT2D eigenvalue weighted by molar-refractivity contribution is 0.207. The average molecular weight is 339 g/mol. The maximum absolute atomic E-state index is 12.9. The van der Waals surface area contributed by atoms with E-state index in [0.717, 1.165) is 42.1 Å². The predicted octanol–water partition coefficient (Wildman–Crippen LogP) is 4.13. The first kappa shape index (κ1) is 17.1. The van der Waals surface area contributed by atoms with E-state index in [9.17, 15) is 4.79 Å². The molecule has 0 saturated carbocycles. The van der Waals surface area contributed by atoms with Crippen LogP contribution in [0.3, 0.4) is 0 Å². The van der Waals surface area contributed by atoms with Crippen LogP contribution in [0.15, 0.2) is 48.5 Å². The minimum absolute atomic E-state index is 0.0559. The van der Waals surface area contributed by atoms with E-state index >= 15 is 0 Å². The zero-order chi connectivity index (χ0) is 17.8. The van der Waals surface area contributed by atoms with Crippen LogP contribution >= 0.6 is 0 Å². The predicted molar refractivity (Wildman–Crippen MR) is 101 cm³/mol. The van der Waals surface area contributed by atoms with Gasteiger partial charge in [0.2, 0.25) is 0 Å². The number of hydrogen-bond donors (Lipinski definition) is 1. The molecule has 2 amide bonds. The summed E-state index contributed by atoms with van der Waals surface area (Å²) in [6.07, 6.45) is 1.97. The number of carbonyl (C=O) groups excluding carboxylic acids is 1. The van der Waals surface area contributed by atoms with Gasteiger partial charge >= 0.3 is 6.03 Å². The van der Waals surface area contributed by atoms with Crippen molar-refractivity contribution in [1.82, 2.24) is 4.90 Å². The van der Waals surface area contributed by atoms with E-state index in [4.69, 9.17) is 4.74 Å². The van der Waals surface area contributed by atoms with Crippen LogP contribution in [0.1, 0.15) is 24.4 Å². The number of urea groups is 1. The van der Waals surface area contributed by atoms with Crippen molar-refractivity contribution in [3.05, 3.63) is 54.1 Å². The molecule has 1 atom stereocenters. The Hall–Kier alpha value is -2.69. The van der Waals surface area contributed by atoms with Crippen LogP contribution in [0.25, 0.3) is 0 Å². The average Bonchev–Trinajstić information content (AvgIpc) is 3.12. The molecule has 2 aromatic carbocycles. The number of methoxy groups -OCH3 is 1. The SMILES string of the molecule is COc1cccc(C2CCCN2C(=O)Nc2ccccc2N(C)C)c1. The molecule has 3 rings (SSSR count). The monoisotopic (exact) mass is 339 g/mol. The minimum Gasteiger partial charge on any atom is -0.497 e. The molecule has 1 aliphatic heterocycles. The first-order chi connectivity index (χ1) is 12.1. The van der Waals surface area contributed by atoms with Gasteiger partial charge in [-0.25, -0.2) is 4.79 Å². The second-order valence-corrected chi connectivity index (χ2v) is 6.47. The molecule has 0 bridgehead atoms. The molecule has 25 heavy (non-hydrogen) atoms. The van der Waals surface area contributed by atoms with Crippen LogP contribution < -0.4 is 15.0 Å². The summed E-state index contributed by atoms with van der Waals surface area (Å²) in [5.41, 5.74) is 2.94. The molecule has 0 aromatic heterocycles. The van der Waals surface area contributed by atoms with E-state index < -0.39 is 0 Å². The van der Waals surface area contributed by atoms with E-state index in [-0.39, 0.29) is 12.1 Å². The standard InChI is InChI=1S/C20H25N3O2/c1-22(2)19-11-5-4-10-17(19)21-20(24)23-13-7-12-18(23)15-8-6-9-16(14-15)25-3/h4-6,8-11,14,18H,7,12-13H2,1-3H3,(H,21,24). The fourth-order valence-electron chi connectivity index (χ4n) is 3.36. The minimum atomic E-state index is -0.0559. The number of nitrogens with one attached hydrogen (secondary N) is 1. The molecule has 2 aromatic rings. The Balaban J connectivity index is 1.79. The van der Waals surface area contributed by atoms with Crippen molar-refractivity contribution >= 4 is 17.4 Å². The number of benzene rings is 2. The van der Waals surface area contributed by atoms with Crippen molar-refractivity contribution in [2.45, 2.75) is 18.9 Å². The maximum Gasteiger partial charge on any atom is 0.322 e. The highest BCUT2D eigenvalue weighted by Crippen LogP contribution is 2.34. The fourth-order valence-corrected chi connectivity index (χ4v) is 3.36. The first-order valence-corrected chi connectivity index (χ1v) is 8.58. The first-order valence-electron chi connectivity index (χ1n) is 8.58. The van der Waals surface area contributed by atoms with Crippen LogP contribution in [-0.4, -0.2) is 38.7 Å². The van der Waals surface area contributed by atoms with E-state index in [0.29, 0.717) is 0 Å². The maximum atomic E-state index is 12.9. The molecule has 1 saturated heterocycles. The topological polar surface area (TPSA) is 44.8 Å². The van der Waals surface area contributed by atoms with E-state index in [2.05, 4.69) is 11.4 Å². The normalized spacial score (nSPS) is 16.6. The van der Waals surface area contributed by atoms with Crippen molar-refractivity contribution in [1.29, 1.82) is 0 Å². The molecule has 0 radical (unpaired) electrons.